The van der Waals surface area contributed by atoms with Crippen molar-refractivity contribution in [2.45, 2.75) is 40.2 Å². The molecular weight excluding hydrogens is 312 g/mol. The molecule has 1 aromatic heterocycles. The van der Waals surface area contributed by atoms with Crippen molar-refractivity contribution in [1.29, 1.82) is 0 Å². The first kappa shape index (κ1) is 17.7. The molecule has 134 valence electrons. The second kappa shape index (κ2) is 7.40. The predicted octanol–water partition coefficient (Wildman–Crippen LogP) is 2.76. The fourth-order valence-electron chi connectivity index (χ4n) is 3.10. The summed E-state index contributed by atoms with van der Waals surface area (Å²) in [4.78, 5) is 14.1. The van der Waals surface area contributed by atoms with E-state index >= 15 is 0 Å². The zero-order valence-electron chi connectivity index (χ0n) is 15.7. The van der Waals surface area contributed by atoms with Gasteiger partial charge in [0.25, 0.3) is 0 Å². The van der Waals surface area contributed by atoms with Gasteiger partial charge in [-0.3, -0.25) is 4.79 Å². The Morgan fingerprint density at radius 2 is 2.00 bits per heavy atom. The number of nitrogens with one attached hydrogen (secondary N) is 1. The molecule has 0 unspecified atom stereocenters. The molecule has 0 bridgehead atoms. The Bertz CT molecular complexity index is 761. The van der Waals surface area contributed by atoms with Gasteiger partial charge in [-0.05, 0) is 57.7 Å². The molecule has 1 amide bonds. The SMILES string of the molecule is Cc1ccccc1-n1nc(C)c(CN(C)C(=O)CNCC2CC2)c1C. The summed E-state index contributed by atoms with van der Waals surface area (Å²) in [5.41, 5.74) is 5.48. The Morgan fingerprint density at radius 1 is 1.28 bits per heavy atom. The smallest absolute Gasteiger partial charge is 0.236 e. The number of nitrogens with zero attached hydrogens (tertiary/aromatic N) is 3. The number of likely N-dealkylation sites (N-methyl/N-ethyl adjacent to an activating group) is 1. The Hall–Kier alpha value is -2.14. The normalized spacial score (nSPS) is 13.9. The highest BCUT2D eigenvalue weighted by molar-refractivity contribution is 5.78. The van der Waals surface area contributed by atoms with Gasteiger partial charge < -0.3 is 10.2 Å². The third-order valence-electron chi connectivity index (χ3n) is 5.01. The molecule has 1 aliphatic rings. The number of hydrogen-bond acceptors (Lipinski definition) is 3. The molecule has 1 fully saturated rings. The van der Waals surface area contributed by atoms with E-state index in [9.17, 15) is 4.79 Å². The lowest BCUT2D eigenvalue weighted by atomic mass is 10.1. The van der Waals surface area contributed by atoms with Gasteiger partial charge in [-0.25, -0.2) is 4.68 Å². The van der Waals surface area contributed by atoms with E-state index in [0.29, 0.717) is 13.1 Å². The number of hydrogen-bond donors (Lipinski definition) is 1. The van der Waals surface area contributed by atoms with Crippen molar-refractivity contribution in [2.75, 3.05) is 20.1 Å². The number of amides is 1. The van der Waals surface area contributed by atoms with Crippen LogP contribution in [0.1, 0.15) is 35.4 Å². The van der Waals surface area contributed by atoms with Crippen molar-refractivity contribution in [3.05, 3.63) is 46.8 Å². The minimum Gasteiger partial charge on any atom is -0.340 e. The minimum atomic E-state index is 0.128. The molecule has 1 N–H and O–H groups in total. The van der Waals surface area contributed by atoms with Gasteiger partial charge in [0.2, 0.25) is 5.91 Å². The molecule has 5 heteroatoms. The van der Waals surface area contributed by atoms with Crippen LogP contribution in [-0.4, -0.2) is 40.7 Å². The Morgan fingerprint density at radius 3 is 2.68 bits per heavy atom. The van der Waals surface area contributed by atoms with Crippen molar-refractivity contribution in [1.82, 2.24) is 20.0 Å². The summed E-state index contributed by atoms with van der Waals surface area (Å²) < 4.78 is 1.99. The van der Waals surface area contributed by atoms with E-state index in [1.54, 1.807) is 4.90 Å². The molecule has 0 radical (unpaired) electrons. The largest absolute Gasteiger partial charge is 0.340 e. The van der Waals surface area contributed by atoms with E-state index in [1.165, 1.54) is 18.4 Å². The van der Waals surface area contributed by atoms with Crippen LogP contribution in [0.3, 0.4) is 0 Å². The molecule has 0 spiro atoms. The monoisotopic (exact) mass is 340 g/mol. The average Bonchev–Trinajstić information content (AvgIpc) is 3.37. The lowest BCUT2D eigenvalue weighted by molar-refractivity contribution is -0.129. The van der Waals surface area contributed by atoms with Gasteiger partial charge in [-0.2, -0.15) is 5.10 Å². The fourth-order valence-corrected chi connectivity index (χ4v) is 3.10. The number of aryl methyl sites for hydroxylation is 2. The van der Waals surface area contributed by atoms with Crippen molar-refractivity contribution in [3.8, 4) is 5.69 Å². The van der Waals surface area contributed by atoms with Crippen molar-refractivity contribution < 1.29 is 4.79 Å². The second-order valence-corrected chi connectivity index (χ2v) is 7.17. The van der Waals surface area contributed by atoms with E-state index in [0.717, 1.165) is 35.1 Å². The molecule has 3 rings (SSSR count). The maximum absolute atomic E-state index is 12.3. The summed E-state index contributed by atoms with van der Waals surface area (Å²) in [6, 6.07) is 8.23. The van der Waals surface area contributed by atoms with Crippen LogP contribution in [0.4, 0.5) is 0 Å². The third-order valence-corrected chi connectivity index (χ3v) is 5.01. The Balaban J connectivity index is 1.69. The average molecular weight is 340 g/mol. The maximum atomic E-state index is 12.3. The fraction of sp³-hybridized carbons (Fsp3) is 0.500. The molecule has 25 heavy (non-hydrogen) atoms. The molecule has 1 aromatic carbocycles. The van der Waals surface area contributed by atoms with E-state index in [2.05, 4.69) is 31.3 Å². The predicted molar refractivity (Wildman–Crippen MR) is 99.8 cm³/mol. The van der Waals surface area contributed by atoms with E-state index in [1.807, 2.05) is 30.8 Å². The van der Waals surface area contributed by atoms with Crippen molar-refractivity contribution in [3.63, 3.8) is 0 Å². The van der Waals surface area contributed by atoms with Crippen LogP contribution in [0.15, 0.2) is 24.3 Å². The number of aromatic nitrogens is 2. The van der Waals surface area contributed by atoms with Crippen LogP contribution < -0.4 is 5.32 Å². The van der Waals surface area contributed by atoms with Crippen LogP contribution in [0, 0.1) is 26.7 Å². The first-order valence-electron chi connectivity index (χ1n) is 9.03. The van der Waals surface area contributed by atoms with Gasteiger partial charge >= 0.3 is 0 Å². The summed E-state index contributed by atoms with van der Waals surface area (Å²) in [7, 11) is 1.87. The van der Waals surface area contributed by atoms with E-state index in [4.69, 9.17) is 5.10 Å². The lowest BCUT2D eigenvalue weighted by Gasteiger charge is -2.18. The first-order valence-corrected chi connectivity index (χ1v) is 9.03. The van der Waals surface area contributed by atoms with E-state index < -0.39 is 0 Å². The van der Waals surface area contributed by atoms with Gasteiger partial charge in [-0.15, -0.1) is 0 Å². The maximum Gasteiger partial charge on any atom is 0.236 e. The minimum absolute atomic E-state index is 0.128. The van der Waals surface area contributed by atoms with Crippen LogP contribution in [0.2, 0.25) is 0 Å². The Labute approximate surface area is 150 Å². The molecule has 0 aliphatic heterocycles. The number of carbonyl (C=O) groups is 1. The molecule has 1 saturated carbocycles. The molecule has 5 nitrogen and oxygen atoms in total. The van der Waals surface area contributed by atoms with Gasteiger partial charge in [0, 0.05) is 24.8 Å². The Kier molecular flexibility index (Phi) is 5.23. The molecule has 2 aromatic rings. The summed E-state index contributed by atoms with van der Waals surface area (Å²) in [5, 5.41) is 7.98. The number of para-hydroxylation sites is 1. The highest BCUT2D eigenvalue weighted by Gasteiger charge is 2.21. The van der Waals surface area contributed by atoms with Crippen molar-refractivity contribution >= 4 is 5.91 Å². The summed E-state index contributed by atoms with van der Waals surface area (Å²) >= 11 is 0. The molecule has 1 heterocycles. The van der Waals surface area contributed by atoms with Crippen LogP contribution in [-0.2, 0) is 11.3 Å². The van der Waals surface area contributed by atoms with Crippen molar-refractivity contribution in [2.24, 2.45) is 5.92 Å². The zero-order chi connectivity index (χ0) is 18.0. The number of rotatable bonds is 7. The van der Waals surface area contributed by atoms with Gasteiger partial charge in [-0.1, -0.05) is 18.2 Å². The standard InChI is InChI=1S/C20H28N4O/c1-14-7-5-6-8-19(14)24-16(3)18(15(2)22-24)13-23(4)20(25)12-21-11-17-9-10-17/h5-8,17,21H,9-13H2,1-4H3. The topological polar surface area (TPSA) is 50.2 Å². The molecule has 0 saturated heterocycles. The van der Waals surface area contributed by atoms with Crippen LogP contribution in [0.5, 0.6) is 0 Å². The quantitative estimate of drug-likeness (QED) is 0.843. The van der Waals surface area contributed by atoms with Gasteiger partial charge in [0.15, 0.2) is 0 Å². The highest BCUT2D eigenvalue weighted by atomic mass is 16.2. The third kappa shape index (κ3) is 4.10. The highest BCUT2D eigenvalue weighted by Crippen LogP contribution is 2.27. The van der Waals surface area contributed by atoms with Crippen LogP contribution in [0.25, 0.3) is 5.69 Å². The zero-order valence-corrected chi connectivity index (χ0v) is 15.7. The molecular formula is C20H28N4O. The summed E-state index contributed by atoms with van der Waals surface area (Å²) in [6.07, 6.45) is 2.60. The van der Waals surface area contributed by atoms with E-state index in [-0.39, 0.29) is 5.91 Å². The van der Waals surface area contributed by atoms with Gasteiger partial charge in [0.1, 0.15) is 0 Å². The summed E-state index contributed by atoms with van der Waals surface area (Å²) in [6.45, 7) is 8.15. The van der Waals surface area contributed by atoms with Crippen LogP contribution >= 0.6 is 0 Å². The second-order valence-electron chi connectivity index (χ2n) is 7.17. The number of benzene rings is 1. The molecule has 0 atom stereocenters. The summed E-state index contributed by atoms with van der Waals surface area (Å²) in [5.74, 6) is 0.915. The molecule has 1 aliphatic carbocycles. The van der Waals surface area contributed by atoms with Gasteiger partial charge in [0.05, 0.1) is 17.9 Å². The lowest BCUT2D eigenvalue weighted by Crippen LogP contribution is -2.36. The first-order chi connectivity index (χ1) is 12.0. The number of carbonyl (C=O) groups excluding carboxylic acids is 1.